The van der Waals surface area contributed by atoms with Crippen LogP contribution in [0.4, 0.5) is 4.39 Å². The zero-order valence-electron chi connectivity index (χ0n) is 11.5. The standard InChI is InChI=1S/C16H22FNO/c1-18-12-16(13-2-4-14(17)5-3-13)10-15(11-16)6-8-19-9-7-15/h2-5,18H,6-12H2,1H3. The van der Waals surface area contributed by atoms with Crippen molar-refractivity contribution in [3.05, 3.63) is 35.6 Å². The first-order valence-corrected chi connectivity index (χ1v) is 7.17. The fraction of sp³-hybridized carbons (Fsp3) is 0.625. The van der Waals surface area contributed by atoms with Crippen LogP contribution in [0, 0.1) is 11.2 Å². The predicted molar refractivity (Wildman–Crippen MR) is 73.7 cm³/mol. The molecule has 2 aliphatic rings. The molecule has 104 valence electrons. The molecule has 3 heteroatoms. The molecule has 1 saturated carbocycles. The van der Waals surface area contributed by atoms with Gasteiger partial charge in [0.15, 0.2) is 0 Å². The zero-order chi connectivity index (χ0) is 13.3. The molecule has 1 aromatic carbocycles. The van der Waals surface area contributed by atoms with Gasteiger partial charge in [-0.25, -0.2) is 4.39 Å². The quantitative estimate of drug-likeness (QED) is 0.905. The maximum absolute atomic E-state index is 13.1. The number of hydrogen-bond acceptors (Lipinski definition) is 2. The van der Waals surface area contributed by atoms with Crippen LogP contribution in [0.5, 0.6) is 0 Å². The molecule has 1 spiro atoms. The maximum Gasteiger partial charge on any atom is 0.123 e. The van der Waals surface area contributed by atoms with E-state index in [9.17, 15) is 4.39 Å². The van der Waals surface area contributed by atoms with Gasteiger partial charge >= 0.3 is 0 Å². The van der Waals surface area contributed by atoms with E-state index >= 15 is 0 Å². The Morgan fingerprint density at radius 1 is 1.16 bits per heavy atom. The first-order valence-electron chi connectivity index (χ1n) is 7.17. The van der Waals surface area contributed by atoms with Crippen LogP contribution in [0.1, 0.15) is 31.2 Å². The summed E-state index contributed by atoms with van der Waals surface area (Å²) in [5, 5.41) is 3.32. The van der Waals surface area contributed by atoms with Crippen molar-refractivity contribution in [2.75, 3.05) is 26.8 Å². The Labute approximate surface area is 114 Å². The monoisotopic (exact) mass is 263 g/mol. The van der Waals surface area contributed by atoms with E-state index in [-0.39, 0.29) is 11.2 Å². The molecule has 1 aliphatic heterocycles. The second-order valence-corrected chi connectivity index (χ2v) is 6.28. The van der Waals surface area contributed by atoms with Crippen molar-refractivity contribution in [3.8, 4) is 0 Å². The molecule has 2 fully saturated rings. The fourth-order valence-corrected chi connectivity index (χ4v) is 4.11. The lowest BCUT2D eigenvalue weighted by atomic mass is 9.48. The predicted octanol–water partition coefficient (Wildman–Crippen LogP) is 2.87. The average Bonchev–Trinajstić information content (AvgIpc) is 2.39. The van der Waals surface area contributed by atoms with Gasteiger partial charge in [-0.2, -0.15) is 0 Å². The summed E-state index contributed by atoms with van der Waals surface area (Å²) in [7, 11) is 2.00. The van der Waals surface area contributed by atoms with Gasteiger partial charge < -0.3 is 10.1 Å². The van der Waals surface area contributed by atoms with Gasteiger partial charge in [0, 0.05) is 25.2 Å². The van der Waals surface area contributed by atoms with Gasteiger partial charge in [-0.05, 0) is 55.8 Å². The van der Waals surface area contributed by atoms with Crippen molar-refractivity contribution in [2.24, 2.45) is 5.41 Å². The minimum atomic E-state index is -0.150. The van der Waals surface area contributed by atoms with Gasteiger partial charge in [0.25, 0.3) is 0 Å². The fourth-order valence-electron chi connectivity index (χ4n) is 4.11. The van der Waals surface area contributed by atoms with E-state index in [2.05, 4.69) is 5.32 Å². The summed E-state index contributed by atoms with van der Waals surface area (Å²) >= 11 is 0. The molecular formula is C16H22FNO. The van der Waals surface area contributed by atoms with Crippen LogP contribution >= 0.6 is 0 Å². The van der Waals surface area contributed by atoms with Gasteiger partial charge in [0.1, 0.15) is 5.82 Å². The number of likely N-dealkylation sites (N-methyl/N-ethyl adjacent to an activating group) is 1. The number of hydrogen-bond donors (Lipinski definition) is 1. The maximum atomic E-state index is 13.1. The van der Waals surface area contributed by atoms with Gasteiger partial charge in [-0.1, -0.05) is 12.1 Å². The van der Waals surface area contributed by atoms with Crippen LogP contribution in [0.25, 0.3) is 0 Å². The summed E-state index contributed by atoms with van der Waals surface area (Å²) in [5.41, 5.74) is 1.95. The topological polar surface area (TPSA) is 21.3 Å². The molecule has 3 rings (SSSR count). The SMILES string of the molecule is CNCC1(c2ccc(F)cc2)CC2(CCOCC2)C1. The lowest BCUT2D eigenvalue weighted by molar-refractivity contribution is -0.0732. The van der Waals surface area contributed by atoms with Crippen LogP contribution in [-0.2, 0) is 10.2 Å². The van der Waals surface area contributed by atoms with E-state index in [0.717, 1.165) is 19.8 Å². The third-order valence-corrected chi connectivity index (χ3v) is 4.95. The van der Waals surface area contributed by atoms with E-state index in [1.165, 1.54) is 31.2 Å². The van der Waals surface area contributed by atoms with E-state index in [1.807, 2.05) is 19.2 Å². The number of benzene rings is 1. The average molecular weight is 263 g/mol. The highest BCUT2D eigenvalue weighted by molar-refractivity contribution is 5.32. The van der Waals surface area contributed by atoms with Gasteiger partial charge in [0.2, 0.25) is 0 Å². The minimum absolute atomic E-state index is 0.150. The van der Waals surface area contributed by atoms with Crippen LogP contribution in [0.15, 0.2) is 24.3 Å². The number of halogens is 1. The van der Waals surface area contributed by atoms with E-state index in [4.69, 9.17) is 4.74 Å². The zero-order valence-corrected chi connectivity index (χ0v) is 11.5. The Morgan fingerprint density at radius 2 is 1.79 bits per heavy atom. The van der Waals surface area contributed by atoms with Gasteiger partial charge in [-0.3, -0.25) is 0 Å². The molecule has 1 N–H and O–H groups in total. The number of ether oxygens (including phenoxy) is 1. The second-order valence-electron chi connectivity index (χ2n) is 6.28. The van der Waals surface area contributed by atoms with E-state index in [1.54, 1.807) is 12.1 Å². The van der Waals surface area contributed by atoms with Crippen molar-refractivity contribution >= 4 is 0 Å². The molecule has 0 amide bonds. The highest BCUT2D eigenvalue weighted by atomic mass is 19.1. The van der Waals surface area contributed by atoms with Crippen molar-refractivity contribution < 1.29 is 9.13 Å². The van der Waals surface area contributed by atoms with Crippen LogP contribution in [-0.4, -0.2) is 26.8 Å². The number of nitrogens with one attached hydrogen (secondary N) is 1. The Balaban J connectivity index is 1.80. The summed E-state index contributed by atoms with van der Waals surface area (Å²) in [6.45, 7) is 2.78. The third-order valence-electron chi connectivity index (χ3n) is 4.95. The van der Waals surface area contributed by atoms with E-state index < -0.39 is 0 Å². The molecule has 0 radical (unpaired) electrons. The molecular weight excluding hydrogens is 241 g/mol. The summed E-state index contributed by atoms with van der Waals surface area (Å²) < 4.78 is 18.6. The first kappa shape index (κ1) is 13.1. The lowest BCUT2D eigenvalue weighted by Crippen LogP contribution is -2.56. The Morgan fingerprint density at radius 3 is 2.37 bits per heavy atom. The van der Waals surface area contributed by atoms with Crippen LogP contribution in [0.2, 0.25) is 0 Å². The summed E-state index contributed by atoms with van der Waals surface area (Å²) in [4.78, 5) is 0. The summed E-state index contributed by atoms with van der Waals surface area (Å²) in [5.74, 6) is -0.150. The summed E-state index contributed by atoms with van der Waals surface area (Å²) in [6.07, 6.45) is 4.77. The molecule has 0 atom stereocenters. The largest absolute Gasteiger partial charge is 0.381 e. The Bertz CT molecular complexity index is 429. The highest BCUT2D eigenvalue weighted by Gasteiger charge is 2.54. The van der Waals surface area contributed by atoms with Crippen LogP contribution in [0.3, 0.4) is 0 Å². The van der Waals surface area contributed by atoms with Crippen molar-refractivity contribution in [1.29, 1.82) is 0 Å². The number of rotatable bonds is 3. The molecule has 19 heavy (non-hydrogen) atoms. The molecule has 0 unspecified atom stereocenters. The Kier molecular flexibility index (Phi) is 3.35. The molecule has 0 aromatic heterocycles. The summed E-state index contributed by atoms with van der Waals surface area (Å²) in [6, 6.07) is 7.08. The molecule has 1 aromatic rings. The van der Waals surface area contributed by atoms with Crippen LogP contribution < -0.4 is 5.32 Å². The van der Waals surface area contributed by atoms with E-state index in [0.29, 0.717) is 5.41 Å². The smallest absolute Gasteiger partial charge is 0.123 e. The lowest BCUT2D eigenvalue weighted by Gasteiger charge is -2.58. The third kappa shape index (κ3) is 2.30. The Hall–Kier alpha value is -0.930. The molecule has 1 heterocycles. The van der Waals surface area contributed by atoms with Crippen molar-refractivity contribution in [1.82, 2.24) is 5.32 Å². The normalized spacial score (nSPS) is 24.1. The van der Waals surface area contributed by atoms with Crippen molar-refractivity contribution in [2.45, 2.75) is 31.1 Å². The molecule has 2 nitrogen and oxygen atoms in total. The molecule has 1 saturated heterocycles. The molecule has 1 aliphatic carbocycles. The highest BCUT2D eigenvalue weighted by Crippen LogP contribution is 2.59. The minimum Gasteiger partial charge on any atom is -0.381 e. The first-order chi connectivity index (χ1) is 9.18. The van der Waals surface area contributed by atoms with Gasteiger partial charge in [0.05, 0.1) is 0 Å². The van der Waals surface area contributed by atoms with Crippen molar-refractivity contribution in [3.63, 3.8) is 0 Å². The molecule has 0 bridgehead atoms. The second kappa shape index (κ2) is 4.88. The van der Waals surface area contributed by atoms with Gasteiger partial charge in [-0.15, -0.1) is 0 Å².